The highest BCUT2D eigenvalue weighted by Crippen LogP contribution is 2.23. The lowest BCUT2D eigenvalue weighted by Crippen LogP contribution is -2.31. The van der Waals surface area contributed by atoms with Crippen LogP contribution in [0.5, 0.6) is 5.75 Å². The summed E-state index contributed by atoms with van der Waals surface area (Å²) in [5.41, 5.74) is 2.56. The van der Waals surface area contributed by atoms with Crippen LogP contribution in [0, 0.1) is 0 Å². The molecule has 0 radical (unpaired) electrons. The Kier molecular flexibility index (Phi) is 6.84. The highest BCUT2D eigenvalue weighted by molar-refractivity contribution is 5.97. The largest absolute Gasteiger partial charge is 0.492 e. The van der Waals surface area contributed by atoms with E-state index < -0.39 is 0 Å². The molecule has 1 heterocycles. The van der Waals surface area contributed by atoms with Crippen LogP contribution >= 0.6 is 0 Å². The van der Waals surface area contributed by atoms with Crippen LogP contribution in [0.3, 0.4) is 0 Å². The van der Waals surface area contributed by atoms with E-state index in [9.17, 15) is 9.59 Å². The van der Waals surface area contributed by atoms with Gasteiger partial charge in [0, 0.05) is 18.2 Å². The van der Waals surface area contributed by atoms with E-state index in [1.807, 2.05) is 39.0 Å². The first-order chi connectivity index (χ1) is 14.5. The number of ether oxygens (including phenoxy) is 1. The number of fused-ring (bicyclic) bond motifs is 1. The van der Waals surface area contributed by atoms with Gasteiger partial charge in [-0.15, -0.1) is 5.10 Å². The van der Waals surface area contributed by atoms with Gasteiger partial charge in [-0.2, -0.15) is 0 Å². The van der Waals surface area contributed by atoms with E-state index >= 15 is 0 Å². The molecular weight excluding hydrogens is 384 g/mol. The van der Waals surface area contributed by atoms with Crippen LogP contribution in [0.25, 0.3) is 11.0 Å². The predicted octanol–water partition coefficient (Wildman–Crippen LogP) is 2.79. The molecule has 0 fully saturated rings. The Bertz CT molecular complexity index is 1030. The fraction of sp³-hybridized carbons (Fsp3) is 0.333. The molecule has 9 nitrogen and oxygen atoms in total. The number of rotatable bonds is 8. The van der Waals surface area contributed by atoms with Gasteiger partial charge in [-0.05, 0) is 51.1 Å². The number of hydrogen-bond acceptors (Lipinski definition) is 5. The highest BCUT2D eigenvalue weighted by atomic mass is 16.5. The quantitative estimate of drug-likeness (QED) is 0.529. The predicted molar refractivity (Wildman–Crippen MR) is 115 cm³/mol. The van der Waals surface area contributed by atoms with Crippen molar-refractivity contribution in [2.45, 2.75) is 33.4 Å². The fourth-order valence-electron chi connectivity index (χ4n) is 2.92. The molecule has 3 rings (SSSR count). The maximum atomic E-state index is 12.2. The number of urea groups is 1. The summed E-state index contributed by atoms with van der Waals surface area (Å²) in [7, 11) is 0. The summed E-state index contributed by atoms with van der Waals surface area (Å²) in [5.74, 6) is 0.474. The standard InChI is InChI=1S/C21H26N6O3/c1-4-30-19-8-6-5-7-16(19)24-21(29)22-11-12-27-18-10-9-15(13-17(18)25-26-27)20(28)23-14(2)3/h5-10,13-14H,4,11-12H2,1-3H3,(H,23,28)(H2,22,24,29). The Morgan fingerprint density at radius 3 is 2.73 bits per heavy atom. The average Bonchev–Trinajstić information content (AvgIpc) is 3.11. The number of para-hydroxylation sites is 2. The Hall–Kier alpha value is -3.62. The number of nitrogens with zero attached hydrogens (tertiary/aromatic N) is 3. The van der Waals surface area contributed by atoms with E-state index in [2.05, 4.69) is 26.3 Å². The molecule has 0 bridgehead atoms. The van der Waals surface area contributed by atoms with Crippen molar-refractivity contribution in [3.63, 3.8) is 0 Å². The number of carbonyl (C=O) groups is 2. The molecule has 0 saturated heterocycles. The molecule has 158 valence electrons. The van der Waals surface area contributed by atoms with Gasteiger partial charge in [0.1, 0.15) is 11.3 Å². The zero-order valence-electron chi connectivity index (χ0n) is 17.3. The van der Waals surface area contributed by atoms with E-state index in [0.717, 1.165) is 5.52 Å². The molecule has 0 aliphatic carbocycles. The molecule has 0 aliphatic heterocycles. The molecule has 3 N–H and O–H groups in total. The molecule has 0 atom stereocenters. The molecule has 9 heteroatoms. The summed E-state index contributed by atoms with van der Waals surface area (Å²) in [6, 6.07) is 12.2. The minimum Gasteiger partial charge on any atom is -0.492 e. The van der Waals surface area contributed by atoms with Crippen LogP contribution in [0.4, 0.5) is 10.5 Å². The van der Waals surface area contributed by atoms with Crippen molar-refractivity contribution >= 4 is 28.7 Å². The molecule has 3 amide bonds. The SMILES string of the molecule is CCOc1ccccc1NC(=O)NCCn1nnc2cc(C(=O)NC(C)C)ccc21. The first-order valence-corrected chi connectivity index (χ1v) is 9.88. The molecule has 30 heavy (non-hydrogen) atoms. The third-order valence-corrected chi connectivity index (χ3v) is 4.24. The zero-order chi connectivity index (χ0) is 21.5. The summed E-state index contributed by atoms with van der Waals surface area (Å²) in [5, 5.41) is 16.7. The number of hydrogen-bond donors (Lipinski definition) is 3. The Morgan fingerprint density at radius 1 is 1.17 bits per heavy atom. The number of benzene rings is 2. The monoisotopic (exact) mass is 410 g/mol. The van der Waals surface area contributed by atoms with E-state index in [1.165, 1.54) is 0 Å². The van der Waals surface area contributed by atoms with Crippen molar-refractivity contribution in [3.05, 3.63) is 48.0 Å². The lowest BCUT2D eigenvalue weighted by Gasteiger charge is -2.12. The van der Waals surface area contributed by atoms with Crippen LogP contribution < -0.4 is 20.7 Å². The molecule has 0 aliphatic rings. The topological polar surface area (TPSA) is 110 Å². The number of nitrogens with one attached hydrogen (secondary N) is 3. The Labute approximate surface area is 174 Å². The van der Waals surface area contributed by atoms with Gasteiger partial charge in [0.05, 0.1) is 24.4 Å². The second kappa shape index (κ2) is 9.73. The highest BCUT2D eigenvalue weighted by Gasteiger charge is 2.12. The van der Waals surface area contributed by atoms with Gasteiger partial charge in [0.15, 0.2) is 0 Å². The lowest BCUT2D eigenvalue weighted by molar-refractivity contribution is 0.0943. The van der Waals surface area contributed by atoms with E-state index in [1.54, 1.807) is 28.9 Å². The van der Waals surface area contributed by atoms with Crippen LogP contribution in [0.2, 0.25) is 0 Å². The number of anilines is 1. The molecule has 0 unspecified atom stereocenters. The number of aromatic nitrogens is 3. The maximum absolute atomic E-state index is 12.2. The van der Waals surface area contributed by atoms with Crippen molar-refractivity contribution in [1.29, 1.82) is 0 Å². The van der Waals surface area contributed by atoms with E-state index in [-0.39, 0.29) is 18.0 Å². The zero-order valence-corrected chi connectivity index (χ0v) is 17.3. The number of carbonyl (C=O) groups excluding carboxylic acids is 2. The van der Waals surface area contributed by atoms with Crippen molar-refractivity contribution in [3.8, 4) is 5.75 Å². The fourth-order valence-corrected chi connectivity index (χ4v) is 2.92. The van der Waals surface area contributed by atoms with Gasteiger partial charge >= 0.3 is 6.03 Å². The van der Waals surface area contributed by atoms with Crippen LogP contribution in [-0.2, 0) is 6.54 Å². The second-order valence-electron chi connectivity index (χ2n) is 6.95. The third kappa shape index (κ3) is 5.25. The minimum atomic E-state index is -0.334. The maximum Gasteiger partial charge on any atom is 0.319 e. The summed E-state index contributed by atoms with van der Waals surface area (Å²) in [4.78, 5) is 24.3. The minimum absolute atomic E-state index is 0.0570. The van der Waals surface area contributed by atoms with Crippen LogP contribution in [-0.4, -0.2) is 46.1 Å². The average molecular weight is 410 g/mol. The smallest absolute Gasteiger partial charge is 0.319 e. The summed E-state index contributed by atoms with van der Waals surface area (Å²) >= 11 is 0. The van der Waals surface area contributed by atoms with Gasteiger partial charge in [-0.25, -0.2) is 9.48 Å². The van der Waals surface area contributed by atoms with Gasteiger partial charge in [-0.1, -0.05) is 17.3 Å². The first kappa shape index (κ1) is 21.1. The molecule has 2 aromatic carbocycles. The second-order valence-corrected chi connectivity index (χ2v) is 6.95. The molecular formula is C21H26N6O3. The normalized spacial score (nSPS) is 10.8. The van der Waals surface area contributed by atoms with Crippen molar-refractivity contribution in [2.75, 3.05) is 18.5 Å². The molecule has 0 saturated carbocycles. The summed E-state index contributed by atoms with van der Waals surface area (Å²) < 4.78 is 7.19. The van der Waals surface area contributed by atoms with Gasteiger partial charge in [-0.3, -0.25) is 4.79 Å². The van der Waals surface area contributed by atoms with E-state index in [0.29, 0.717) is 42.2 Å². The molecule has 0 spiro atoms. The lowest BCUT2D eigenvalue weighted by atomic mass is 10.2. The molecule has 3 aromatic rings. The third-order valence-electron chi connectivity index (χ3n) is 4.24. The van der Waals surface area contributed by atoms with Crippen LogP contribution in [0.1, 0.15) is 31.1 Å². The molecule has 1 aromatic heterocycles. The first-order valence-electron chi connectivity index (χ1n) is 9.88. The van der Waals surface area contributed by atoms with Crippen molar-refractivity contribution in [2.24, 2.45) is 0 Å². The van der Waals surface area contributed by atoms with Gasteiger partial charge in [0.25, 0.3) is 5.91 Å². The van der Waals surface area contributed by atoms with Crippen molar-refractivity contribution < 1.29 is 14.3 Å². The Morgan fingerprint density at radius 2 is 1.97 bits per heavy atom. The summed E-state index contributed by atoms with van der Waals surface area (Å²) in [6.07, 6.45) is 0. The van der Waals surface area contributed by atoms with Crippen LogP contribution in [0.15, 0.2) is 42.5 Å². The van der Waals surface area contributed by atoms with E-state index in [4.69, 9.17) is 4.74 Å². The van der Waals surface area contributed by atoms with Gasteiger partial charge in [0.2, 0.25) is 0 Å². The number of amides is 3. The van der Waals surface area contributed by atoms with Crippen molar-refractivity contribution in [1.82, 2.24) is 25.6 Å². The van der Waals surface area contributed by atoms with Gasteiger partial charge < -0.3 is 20.7 Å². The Balaban J connectivity index is 1.57. The summed E-state index contributed by atoms with van der Waals surface area (Å²) in [6.45, 7) is 7.02.